The molecule has 0 unspecified atom stereocenters. The number of carbonyl (C=O) groups is 1. The molecular weight excluding hydrogens is 332 g/mol. The van der Waals surface area contributed by atoms with Gasteiger partial charge in [-0.3, -0.25) is 4.79 Å². The van der Waals surface area contributed by atoms with Crippen molar-refractivity contribution in [1.29, 1.82) is 0 Å². The number of benzene rings is 2. The first-order chi connectivity index (χ1) is 12.6. The summed E-state index contributed by atoms with van der Waals surface area (Å²) in [6, 6.07) is 14.3. The molecule has 3 rings (SSSR count). The van der Waals surface area contributed by atoms with Crippen LogP contribution >= 0.6 is 0 Å². The summed E-state index contributed by atoms with van der Waals surface area (Å²) in [7, 11) is 3.17. The van der Waals surface area contributed by atoms with Crippen LogP contribution in [0.1, 0.15) is 17.4 Å². The quantitative estimate of drug-likeness (QED) is 0.728. The molecule has 0 saturated heterocycles. The first-order valence-corrected chi connectivity index (χ1v) is 8.21. The first-order valence-electron chi connectivity index (χ1n) is 8.21. The molecule has 0 aliphatic heterocycles. The van der Waals surface area contributed by atoms with Gasteiger partial charge in [0.25, 0.3) is 5.91 Å². The fourth-order valence-electron chi connectivity index (χ4n) is 2.57. The molecule has 2 aromatic carbocycles. The molecule has 0 aliphatic carbocycles. The van der Waals surface area contributed by atoms with Gasteiger partial charge in [-0.2, -0.15) is 0 Å². The largest absolute Gasteiger partial charge is 0.497 e. The normalized spacial score (nSPS) is 10.4. The van der Waals surface area contributed by atoms with Crippen LogP contribution in [-0.4, -0.2) is 31.7 Å². The van der Waals surface area contributed by atoms with Crippen LogP contribution in [0.3, 0.4) is 0 Å². The summed E-state index contributed by atoms with van der Waals surface area (Å²) in [5, 5.41) is 3.73. The minimum Gasteiger partial charge on any atom is -0.497 e. The highest BCUT2D eigenvalue weighted by atomic mass is 16.5. The average molecular weight is 352 g/mol. The molecule has 6 nitrogen and oxygen atoms in total. The number of anilines is 1. The molecule has 3 aromatic rings. The lowest BCUT2D eigenvalue weighted by Crippen LogP contribution is -2.13. The number of nitrogens with one attached hydrogen (secondary N) is 1. The second-order valence-corrected chi connectivity index (χ2v) is 5.51. The predicted molar refractivity (Wildman–Crippen MR) is 100 cm³/mol. The molecule has 0 fully saturated rings. The predicted octanol–water partition coefficient (Wildman–Crippen LogP) is 3.90. The average Bonchev–Trinajstić information content (AvgIpc) is 2.68. The summed E-state index contributed by atoms with van der Waals surface area (Å²) in [6.45, 7) is 2.43. The fraction of sp³-hybridized carbons (Fsp3) is 0.200. The highest BCUT2D eigenvalue weighted by Crippen LogP contribution is 2.30. The number of ether oxygens (including phenoxy) is 3. The van der Waals surface area contributed by atoms with Gasteiger partial charge in [-0.1, -0.05) is 6.07 Å². The van der Waals surface area contributed by atoms with Crippen LogP contribution in [0.5, 0.6) is 17.2 Å². The van der Waals surface area contributed by atoms with Crippen molar-refractivity contribution in [1.82, 2.24) is 4.98 Å². The topological polar surface area (TPSA) is 69.7 Å². The number of rotatable bonds is 6. The van der Waals surface area contributed by atoms with Crippen LogP contribution in [0.15, 0.2) is 48.5 Å². The van der Waals surface area contributed by atoms with Gasteiger partial charge in [0, 0.05) is 17.1 Å². The van der Waals surface area contributed by atoms with Gasteiger partial charge in [-0.25, -0.2) is 4.98 Å². The Morgan fingerprint density at radius 3 is 2.58 bits per heavy atom. The Balaban J connectivity index is 1.82. The second-order valence-electron chi connectivity index (χ2n) is 5.51. The van der Waals surface area contributed by atoms with E-state index in [1.807, 2.05) is 31.2 Å². The lowest BCUT2D eigenvalue weighted by atomic mass is 10.2. The summed E-state index contributed by atoms with van der Waals surface area (Å²) in [5.41, 5.74) is 1.66. The highest BCUT2D eigenvalue weighted by molar-refractivity contribution is 6.04. The third kappa shape index (κ3) is 3.69. The smallest absolute Gasteiger partial charge is 0.274 e. The van der Waals surface area contributed by atoms with E-state index in [-0.39, 0.29) is 5.91 Å². The van der Waals surface area contributed by atoms with E-state index in [1.165, 1.54) is 0 Å². The van der Waals surface area contributed by atoms with Gasteiger partial charge >= 0.3 is 0 Å². The number of carbonyl (C=O) groups excluding carboxylic acids is 1. The molecule has 0 saturated carbocycles. The Labute approximate surface area is 151 Å². The second kappa shape index (κ2) is 7.74. The molecule has 6 heteroatoms. The van der Waals surface area contributed by atoms with Crippen LogP contribution in [0.4, 0.5) is 5.69 Å². The van der Waals surface area contributed by atoms with Crippen LogP contribution in [0.2, 0.25) is 0 Å². The first kappa shape index (κ1) is 17.5. The van der Waals surface area contributed by atoms with Gasteiger partial charge < -0.3 is 19.5 Å². The number of methoxy groups -OCH3 is 2. The highest BCUT2D eigenvalue weighted by Gasteiger charge is 2.11. The minimum absolute atomic E-state index is 0.297. The van der Waals surface area contributed by atoms with Gasteiger partial charge in [-0.15, -0.1) is 0 Å². The third-order valence-electron chi connectivity index (χ3n) is 3.85. The van der Waals surface area contributed by atoms with Crippen molar-refractivity contribution in [2.75, 3.05) is 26.1 Å². The summed E-state index contributed by atoms with van der Waals surface area (Å²) in [6.07, 6.45) is 0. The van der Waals surface area contributed by atoms with Gasteiger partial charge in [0.2, 0.25) is 0 Å². The number of nitrogens with zero attached hydrogens (tertiary/aromatic N) is 1. The summed E-state index contributed by atoms with van der Waals surface area (Å²) in [4.78, 5) is 16.9. The van der Waals surface area contributed by atoms with Gasteiger partial charge in [0.1, 0.15) is 11.4 Å². The van der Waals surface area contributed by atoms with Crippen molar-refractivity contribution in [3.05, 3.63) is 54.2 Å². The lowest BCUT2D eigenvalue weighted by Gasteiger charge is -2.12. The molecule has 0 atom stereocenters. The molecule has 1 aromatic heterocycles. The van der Waals surface area contributed by atoms with Crippen molar-refractivity contribution in [2.45, 2.75) is 6.92 Å². The molecule has 0 bridgehead atoms. The van der Waals surface area contributed by atoms with Gasteiger partial charge in [0.15, 0.2) is 11.5 Å². The Morgan fingerprint density at radius 1 is 1.00 bits per heavy atom. The van der Waals surface area contributed by atoms with Crippen molar-refractivity contribution in [3.8, 4) is 17.2 Å². The maximum atomic E-state index is 12.5. The zero-order chi connectivity index (χ0) is 18.5. The monoisotopic (exact) mass is 352 g/mol. The van der Waals surface area contributed by atoms with Crippen LogP contribution in [0.25, 0.3) is 10.9 Å². The third-order valence-corrected chi connectivity index (χ3v) is 3.85. The van der Waals surface area contributed by atoms with E-state index < -0.39 is 0 Å². The van der Waals surface area contributed by atoms with Crippen molar-refractivity contribution >= 4 is 22.5 Å². The van der Waals surface area contributed by atoms with E-state index in [4.69, 9.17) is 14.2 Å². The summed E-state index contributed by atoms with van der Waals surface area (Å²) < 4.78 is 16.0. The number of aromatic nitrogens is 1. The van der Waals surface area contributed by atoms with Crippen molar-refractivity contribution in [3.63, 3.8) is 0 Å². The molecule has 134 valence electrons. The van der Waals surface area contributed by atoms with Crippen molar-refractivity contribution < 1.29 is 19.0 Å². The molecular formula is C20H20N2O4. The maximum Gasteiger partial charge on any atom is 0.274 e. The van der Waals surface area contributed by atoms with E-state index in [0.717, 1.165) is 16.7 Å². The van der Waals surface area contributed by atoms with E-state index in [1.54, 1.807) is 38.5 Å². The molecule has 0 radical (unpaired) electrons. The zero-order valence-corrected chi connectivity index (χ0v) is 14.9. The van der Waals surface area contributed by atoms with E-state index in [0.29, 0.717) is 29.5 Å². The standard InChI is InChI=1S/C20H20N2O4/c1-4-26-18-10-6-14(12-19(18)25-3)21-20(23)17-8-5-13-11-15(24-2)7-9-16(13)22-17/h5-12H,4H2,1-3H3,(H,21,23). The van der Waals surface area contributed by atoms with Crippen LogP contribution in [-0.2, 0) is 0 Å². The van der Waals surface area contributed by atoms with E-state index >= 15 is 0 Å². The van der Waals surface area contributed by atoms with Gasteiger partial charge in [-0.05, 0) is 43.3 Å². The molecule has 0 spiro atoms. The summed E-state index contributed by atoms with van der Waals surface area (Å²) in [5.74, 6) is 1.64. The molecule has 26 heavy (non-hydrogen) atoms. The van der Waals surface area contributed by atoms with Gasteiger partial charge in [0.05, 0.1) is 26.3 Å². The molecule has 0 aliphatic rings. The number of hydrogen-bond donors (Lipinski definition) is 1. The number of fused-ring (bicyclic) bond motifs is 1. The SMILES string of the molecule is CCOc1ccc(NC(=O)c2ccc3cc(OC)ccc3n2)cc1OC. The molecule has 1 amide bonds. The molecule has 1 heterocycles. The minimum atomic E-state index is -0.297. The number of pyridine rings is 1. The fourth-order valence-corrected chi connectivity index (χ4v) is 2.57. The van der Waals surface area contributed by atoms with E-state index in [9.17, 15) is 4.79 Å². The Bertz CT molecular complexity index is 940. The Morgan fingerprint density at radius 2 is 1.85 bits per heavy atom. The van der Waals surface area contributed by atoms with E-state index in [2.05, 4.69) is 10.3 Å². The zero-order valence-electron chi connectivity index (χ0n) is 14.9. The number of amides is 1. The number of hydrogen-bond acceptors (Lipinski definition) is 5. The van der Waals surface area contributed by atoms with Crippen molar-refractivity contribution in [2.24, 2.45) is 0 Å². The Hall–Kier alpha value is -3.28. The Kier molecular flexibility index (Phi) is 5.22. The lowest BCUT2D eigenvalue weighted by molar-refractivity contribution is 0.102. The van der Waals surface area contributed by atoms with Crippen LogP contribution in [0, 0.1) is 0 Å². The van der Waals surface area contributed by atoms with Crippen LogP contribution < -0.4 is 19.5 Å². The summed E-state index contributed by atoms with van der Waals surface area (Å²) >= 11 is 0. The molecule has 1 N–H and O–H groups in total. The maximum absolute atomic E-state index is 12.5.